The molecule has 0 spiro atoms. The Morgan fingerprint density at radius 1 is 1.44 bits per heavy atom. The summed E-state index contributed by atoms with van der Waals surface area (Å²) in [5.41, 5.74) is 1.26. The molecule has 1 aromatic carbocycles. The molecule has 2 aromatic rings. The molecule has 1 fully saturated rings. The van der Waals surface area contributed by atoms with Crippen molar-refractivity contribution < 1.29 is 9.72 Å². The summed E-state index contributed by atoms with van der Waals surface area (Å²) >= 11 is 1.38. The fourth-order valence-electron chi connectivity index (χ4n) is 2.97. The van der Waals surface area contributed by atoms with Gasteiger partial charge in [0.2, 0.25) is 0 Å². The molecule has 0 saturated carbocycles. The average Bonchev–Trinajstić information content (AvgIpc) is 3.31. The lowest BCUT2D eigenvalue weighted by Crippen LogP contribution is -2.42. The van der Waals surface area contributed by atoms with E-state index >= 15 is 0 Å². The maximum absolute atomic E-state index is 12.9. The van der Waals surface area contributed by atoms with Crippen molar-refractivity contribution >= 4 is 22.9 Å². The number of hydrogen-bond acceptors (Lipinski definition) is 6. The summed E-state index contributed by atoms with van der Waals surface area (Å²) in [6.45, 7) is 4.54. The van der Waals surface area contributed by atoms with Crippen LogP contribution in [0.5, 0.6) is 0 Å². The minimum Gasteiger partial charge on any atom is -0.333 e. The Kier molecular flexibility index (Phi) is 5.40. The highest BCUT2D eigenvalue weighted by molar-refractivity contribution is 7.13. The topological polar surface area (TPSA) is 88.4 Å². The fraction of sp³-hybridized carbons (Fsp3) is 0.412. The molecule has 1 aliphatic heterocycles. The Bertz CT molecular complexity index is 754. The molecule has 1 atom stereocenters. The van der Waals surface area contributed by atoms with Crippen LogP contribution in [-0.2, 0) is 0 Å². The standard InChI is InChI=1S/C17H20N4O3S/c1-2-9-20(14-7-8-18-10-14)17(22)15-11-25-16(19-15)12-3-5-13(6-4-12)21(23)24/h3-6,11,14,18H,2,7-10H2,1H3. The molecule has 1 unspecified atom stereocenters. The van der Waals surface area contributed by atoms with E-state index in [9.17, 15) is 14.9 Å². The molecule has 8 heteroatoms. The lowest BCUT2D eigenvalue weighted by Gasteiger charge is -2.27. The number of rotatable bonds is 6. The van der Waals surface area contributed by atoms with Gasteiger partial charge >= 0.3 is 0 Å². The SMILES string of the molecule is CCCN(C(=O)c1csc(-c2ccc([N+](=O)[O-])cc2)n1)C1CCNC1. The van der Waals surface area contributed by atoms with Crippen molar-refractivity contribution in [2.45, 2.75) is 25.8 Å². The van der Waals surface area contributed by atoms with Gasteiger partial charge in [0.15, 0.2) is 0 Å². The van der Waals surface area contributed by atoms with Crippen molar-refractivity contribution in [3.8, 4) is 10.6 Å². The van der Waals surface area contributed by atoms with Gasteiger partial charge in [0.05, 0.1) is 4.92 Å². The number of nitrogens with one attached hydrogen (secondary N) is 1. The van der Waals surface area contributed by atoms with Gasteiger partial charge in [0.1, 0.15) is 10.7 Å². The summed E-state index contributed by atoms with van der Waals surface area (Å²) in [4.78, 5) is 29.6. The Labute approximate surface area is 149 Å². The third kappa shape index (κ3) is 3.85. The molecule has 0 aliphatic carbocycles. The van der Waals surface area contributed by atoms with Gasteiger partial charge in [-0.15, -0.1) is 11.3 Å². The van der Waals surface area contributed by atoms with Crippen molar-refractivity contribution in [1.29, 1.82) is 0 Å². The predicted octanol–water partition coefficient (Wildman–Crippen LogP) is 2.93. The number of aromatic nitrogens is 1. The van der Waals surface area contributed by atoms with Gasteiger partial charge in [0, 0.05) is 42.2 Å². The lowest BCUT2D eigenvalue weighted by atomic mass is 10.2. The number of hydrogen-bond donors (Lipinski definition) is 1. The van der Waals surface area contributed by atoms with Crippen molar-refractivity contribution in [3.05, 3.63) is 45.5 Å². The molecule has 1 N–H and O–H groups in total. The lowest BCUT2D eigenvalue weighted by molar-refractivity contribution is -0.384. The highest BCUT2D eigenvalue weighted by Gasteiger charge is 2.28. The number of carbonyl (C=O) groups excluding carboxylic acids is 1. The zero-order valence-electron chi connectivity index (χ0n) is 14.0. The number of thiazole rings is 1. The average molecular weight is 360 g/mol. The van der Waals surface area contributed by atoms with Crippen LogP contribution in [0.15, 0.2) is 29.6 Å². The van der Waals surface area contributed by atoms with E-state index in [1.807, 2.05) is 4.90 Å². The number of nitro groups is 1. The first-order chi connectivity index (χ1) is 12.1. The van der Waals surface area contributed by atoms with E-state index in [0.717, 1.165) is 38.0 Å². The molecular formula is C17H20N4O3S. The molecule has 1 aromatic heterocycles. The molecule has 7 nitrogen and oxygen atoms in total. The summed E-state index contributed by atoms with van der Waals surface area (Å²) < 4.78 is 0. The van der Waals surface area contributed by atoms with Gasteiger partial charge in [-0.3, -0.25) is 14.9 Å². The molecule has 2 heterocycles. The van der Waals surface area contributed by atoms with Crippen molar-refractivity contribution in [1.82, 2.24) is 15.2 Å². The van der Waals surface area contributed by atoms with E-state index in [-0.39, 0.29) is 17.6 Å². The summed E-state index contributed by atoms with van der Waals surface area (Å²) in [6.07, 6.45) is 1.87. The third-order valence-electron chi connectivity index (χ3n) is 4.25. The second kappa shape index (κ2) is 7.71. The van der Waals surface area contributed by atoms with Crippen LogP contribution in [0, 0.1) is 10.1 Å². The monoisotopic (exact) mass is 360 g/mol. The summed E-state index contributed by atoms with van der Waals surface area (Å²) in [7, 11) is 0. The fourth-order valence-corrected chi connectivity index (χ4v) is 3.77. The largest absolute Gasteiger partial charge is 0.333 e. The smallest absolute Gasteiger partial charge is 0.273 e. The van der Waals surface area contributed by atoms with E-state index in [4.69, 9.17) is 0 Å². The zero-order chi connectivity index (χ0) is 17.8. The van der Waals surface area contributed by atoms with Crippen LogP contribution in [0.2, 0.25) is 0 Å². The first kappa shape index (κ1) is 17.5. The summed E-state index contributed by atoms with van der Waals surface area (Å²) in [5, 5.41) is 16.5. The van der Waals surface area contributed by atoms with Gasteiger partial charge in [0.25, 0.3) is 11.6 Å². The van der Waals surface area contributed by atoms with Crippen molar-refractivity contribution in [2.24, 2.45) is 0 Å². The van der Waals surface area contributed by atoms with Gasteiger partial charge in [-0.1, -0.05) is 6.92 Å². The molecule has 1 aliphatic rings. The van der Waals surface area contributed by atoms with Crippen LogP contribution >= 0.6 is 11.3 Å². The molecule has 1 amide bonds. The second-order valence-electron chi connectivity index (χ2n) is 5.99. The van der Waals surface area contributed by atoms with E-state index in [0.29, 0.717) is 10.7 Å². The van der Waals surface area contributed by atoms with Crippen LogP contribution in [0.1, 0.15) is 30.3 Å². The van der Waals surface area contributed by atoms with Gasteiger partial charge < -0.3 is 10.2 Å². The van der Waals surface area contributed by atoms with Crippen LogP contribution in [0.3, 0.4) is 0 Å². The number of non-ortho nitro benzene ring substituents is 1. The minimum atomic E-state index is -0.432. The third-order valence-corrected chi connectivity index (χ3v) is 5.14. The second-order valence-corrected chi connectivity index (χ2v) is 6.85. The van der Waals surface area contributed by atoms with E-state index in [1.54, 1.807) is 17.5 Å². The molecule has 0 radical (unpaired) electrons. The molecule has 25 heavy (non-hydrogen) atoms. The first-order valence-electron chi connectivity index (χ1n) is 8.32. The molecule has 0 bridgehead atoms. The van der Waals surface area contributed by atoms with Gasteiger partial charge in [-0.25, -0.2) is 4.98 Å². The van der Waals surface area contributed by atoms with Crippen molar-refractivity contribution in [3.63, 3.8) is 0 Å². The summed E-state index contributed by atoms with van der Waals surface area (Å²) in [5.74, 6) is -0.0417. The first-order valence-corrected chi connectivity index (χ1v) is 9.20. The normalized spacial score (nSPS) is 16.8. The van der Waals surface area contributed by atoms with Crippen LogP contribution in [-0.4, -0.2) is 46.4 Å². The predicted molar refractivity (Wildman–Crippen MR) is 96.8 cm³/mol. The highest BCUT2D eigenvalue weighted by Crippen LogP contribution is 2.26. The van der Waals surface area contributed by atoms with Crippen LogP contribution in [0.4, 0.5) is 5.69 Å². The van der Waals surface area contributed by atoms with E-state index < -0.39 is 4.92 Å². The van der Waals surface area contributed by atoms with Crippen molar-refractivity contribution in [2.75, 3.05) is 19.6 Å². The van der Waals surface area contributed by atoms with E-state index in [1.165, 1.54) is 23.5 Å². The Balaban J connectivity index is 1.79. The zero-order valence-corrected chi connectivity index (χ0v) is 14.8. The maximum atomic E-state index is 12.9. The number of carbonyl (C=O) groups is 1. The molecule has 3 rings (SSSR count). The Hall–Kier alpha value is -2.32. The Morgan fingerprint density at radius 3 is 2.80 bits per heavy atom. The van der Waals surface area contributed by atoms with Gasteiger partial charge in [-0.05, 0) is 31.5 Å². The number of amides is 1. The highest BCUT2D eigenvalue weighted by atomic mass is 32.1. The quantitative estimate of drug-likeness (QED) is 0.632. The Morgan fingerprint density at radius 2 is 2.20 bits per heavy atom. The van der Waals surface area contributed by atoms with Crippen LogP contribution < -0.4 is 5.32 Å². The number of nitrogens with zero attached hydrogens (tertiary/aromatic N) is 3. The van der Waals surface area contributed by atoms with Gasteiger partial charge in [-0.2, -0.15) is 0 Å². The number of benzene rings is 1. The minimum absolute atomic E-state index is 0.0412. The number of nitro benzene ring substituents is 1. The molecule has 132 valence electrons. The summed E-state index contributed by atoms with van der Waals surface area (Å²) in [6, 6.07) is 6.45. The molecular weight excluding hydrogens is 340 g/mol. The maximum Gasteiger partial charge on any atom is 0.273 e. The van der Waals surface area contributed by atoms with E-state index in [2.05, 4.69) is 17.2 Å². The van der Waals surface area contributed by atoms with Crippen LogP contribution in [0.25, 0.3) is 10.6 Å². The molecule has 1 saturated heterocycles.